The van der Waals surface area contributed by atoms with Gasteiger partial charge in [-0.25, -0.2) is 4.98 Å². The molecule has 4 nitrogen and oxygen atoms in total. The maximum atomic E-state index is 6.19. The number of aromatic nitrogens is 2. The van der Waals surface area contributed by atoms with E-state index in [1.807, 2.05) is 49.4 Å². The highest BCUT2D eigenvalue weighted by atomic mass is 35.5. The summed E-state index contributed by atoms with van der Waals surface area (Å²) in [7, 11) is 0. The van der Waals surface area contributed by atoms with Crippen molar-refractivity contribution >= 4 is 34.7 Å². The third kappa shape index (κ3) is 4.03. The van der Waals surface area contributed by atoms with Crippen LogP contribution in [0.15, 0.2) is 54.6 Å². The summed E-state index contributed by atoms with van der Waals surface area (Å²) in [5.41, 5.74) is 3.94. The summed E-state index contributed by atoms with van der Waals surface area (Å²) in [6.07, 6.45) is 1.02. The predicted molar refractivity (Wildman–Crippen MR) is 101 cm³/mol. The molecule has 0 aliphatic heterocycles. The van der Waals surface area contributed by atoms with Gasteiger partial charge in [-0.05, 0) is 43.2 Å². The Hall–Kier alpha value is -2.59. The molecule has 2 N–H and O–H groups in total. The van der Waals surface area contributed by atoms with Crippen molar-refractivity contribution in [3.8, 4) is 0 Å². The van der Waals surface area contributed by atoms with Crippen molar-refractivity contribution < 1.29 is 0 Å². The van der Waals surface area contributed by atoms with Gasteiger partial charge in [0.25, 0.3) is 0 Å². The van der Waals surface area contributed by atoms with Crippen LogP contribution in [-0.4, -0.2) is 9.97 Å². The molecule has 3 rings (SSSR count). The van der Waals surface area contributed by atoms with Gasteiger partial charge in [-0.1, -0.05) is 42.8 Å². The van der Waals surface area contributed by atoms with Crippen molar-refractivity contribution in [2.45, 2.75) is 20.3 Å². The first-order valence-corrected chi connectivity index (χ1v) is 8.25. The number of rotatable bonds is 5. The zero-order valence-corrected chi connectivity index (χ0v) is 14.4. The van der Waals surface area contributed by atoms with Gasteiger partial charge in [0.2, 0.25) is 5.95 Å². The number of nitrogens with one attached hydrogen (secondary N) is 2. The quantitative estimate of drug-likeness (QED) is 0.646. The van der Waals surface area contributed by atoms with E-state index in [4.69, 9.17) is 11.6 Å². The fourth-order valence-electron chi connectivity index (χ4n) is 2.34. The van der Waals surface area contributed by atoms with Crippen molar-refractivity contribution in [1.29, 1.82) is 0 Å². The molecule has 122 valence electrons. The van der Waals surface area contributed by atoms with Gasteiger partial charge < -0.3 is 10.6 Å². The Morgan fingerprint density at radius 3 is 2.42 bits per heavy atom. The molecule has 0 radical (unpaired) electrons. The van der Waals surface area contributed by atoms with Gasteiger partial charge in [-0.3, -0.25) is 0 Å². The molecule has 5 heteroatoms. The zero-order chi connectivity index (χ0) is 16.9. The van der Waals surface area contributed by atoms with Crippen molar-refractivity contribution in [3.05, 3.63) is 70.9 Å². The van der Waals surface area contributed by atoms with Crippen LogP contribution in [0, 0.1) is 6.92 Å². The Labute approximate surface area is 146 Å². The number of benzene rings is 2. The monoisotopic (exact) mass is 338 g/mol. The fraction of sp³-hybridized carbons (Fsp3) is 0.158. The molecule has 0 saturated carbocycles. The summed E-state index contributed by atoms with van der Waals surface area (Å²) in [5.74, 6) is 1.25. The fourth-order valence-corrected chi connectivity index (χ4v) is 2.52. The third-order valence-electron chi connectivity index (χ3n) is 3.61. The number of nitrogens with zero attached hydrogens (tertiary/aromatic N) is 2. The van der Waals surface area contributed by atoms with Crippen LogP contribution in [0.2, 0.25) is 5.02 Å². The van der Waals surface area contributed by atoms with Gasteiger partial charge in [0.05, 0.1) is 10.7 Å². The smallest absolute Gasteiger partial charge is 0.229 e. The number of hydrogen-bond donors (Lipinski definition) is 2. The Morgan fingerprint density at radius 2 is 1.71 bits per heavy atom. The van der Waals surface area contributed by atoms with E-state index >= 15 is 0 Å². The highest BCUT2D eigenvalue weighted by molar-refractivity contribution is 6.33. The highest BCUT2D eigenvalue weighted by Crippen LogP contribution is 2.25. The van der Waals surface area contributed by atoms with E-state index < -0.39 is 0 Å². The summed E-state index contributed by atoms with van der Waals surface area (Å²) >= 11 is 6.19. The normalized spacial score (nSPS) is 10.5. The minimum Gasteiger partial charge on any atom is -0.339 e. The topological polar surface area (TPSA) is 49.8 Å². The molecule has 0 saturated heterocycles. The lowest BCUT2D eigenvalue weighted by atomic mass is 10.1. The van der Waals surface area contributed by atoms with Crippen LogP contribution >= 0.6 is 11.6 Å². The van der Waals surface area contributed by atoms with E-state index in [2.05, 4.69) is 39.7 Å². The lowest BCUT2D eigenvalue weighted by molar-refractivity contribution is 1.10. The Kier molecular flexibility index (Phi) is 4.96. The van der Waals surface area contributed by atoms with Gasteiger partial charge in [0, 0.05) is 17.4 Å². The summed E-state index contributed by atoms with van der Waals surface area (Å²) in [6.45, 7) is 4.07. The number of halogens is 1. The van der Waals surface area contributed by atoms with E-state index in [0.29, 0.717) is 16.8 Å². The molecule has 0 unspecified atom stereocenters. The van der Waals surface area contributed by atoms with Crippen LogP contribution in [0.4, 0.5) is 23.1 Å². The van der Waals surface area contributed by atoms with Crippen LogP contribution in [0.1, 0.15) is 18.2 Å². The van der Waals surface area contributed by atoms with Crippen LogP contribution in [0.25, 0.3) is 0 Å². The number of aryl methyl sites for hydroxylation is 2. The molecule has 0 spiro atoms. The molecule has 0 aliphatic rings. The maximum absolute atomic E-state index is 6.19. The second kappa shape index (κ2) is 7.32. The van der Waals surface area contributed by atoms with Crippen molar-refractivity contribution in [3.63, 3.8) is 0 Å². The van der Waals surface area contributed by atoms with E-state index in [9.17, 15) is 0 Å². The molecule has 3 aromatic rings. The van der Waals surface area contributed by atoms with Crippen LogP contribution in [0.5, 0.6) is 0 Å². The van der Waals surface area contributed by atoms with Gasteiger partial charge in [-0.2, -0.15) is 4.98 Å². The van der Waals surface area contributed by atoms with E-state index in [-0.39, 0.29) is 0 Å². The van der Waals surface area contributed by atoms with E-state index in [1.54, 1.807) is 0 Å². The molecule has 1 heterocycles. The lowest BCUT2D eigenvalue weighted by Crippen LogP contribution is -2.02. The van der Waals surface area contributed by atoms with Gasteiger partial charge >= 0.3 is 0 Å². The van der Waals surface area contributed by atoms with Gasteiger partial charge in [-0.15, -0.1) is 0 Å². The third-order valence-corrected chi connectivity index (χ3v) is 3.94. The Bertz CT molecular complexity index is 831. The molecule has 24 heavy (non-hydrogen) atoms. The molecule has 0 fully saturated rings. The van der Waals surface area contributed by atoms with Crippen molar-refractivity contribution in [1.82, 2.24) is 9.97 Å². The van der Waals surface area contributed by atoms with Crippen LogP contribution in [-0.2, 0) is 6.42 Å². The SMILES string of the molecule is CCc1ccc(Nc2nc(C)cc(Nc3ccccc3Cl)n2)cc1. The first-order valence-electron chi connectivity index (χ1n) is 7.87. The molecular formula is C19H19ClN4. The predicted octanol–water partition coefficient (Wildman–Crippen LogP) is 5.49. The summed E-state index contributed by atoms with van der Waals surface area (Å²) in [5, 5.41) is 7.13. The lowest BCUT2D eigenvalue weighted by Gasteiger charge is -2.11. The van der Waals surface area contributed by atoms with Crippen LogP contribution < -0.4 is 10.6 Å². The van der Waals surface area contributed by atoms with Crippen molar-refractivity contribution in [2.24, 2.45) is 0 Å². The molecule has 0 bridgehead atoms. The Balaban J connectivity index is 1.81. The largest absolute Gasteiger partial charge is 0.339 e. The first-order chi connectivity index (χ1) is 11.6. The molecule has 0 aliphatic carbocycles. The molecule has 1 aromatic heterocycles. The molecule has 2 aromatic carbocycles. The van der Waals surface area contributed by atoms with Gasteiger partial charge in [0.15, 0.2) is 0 Å². The van der Waals surface area contributed by atoms with Crippen molar-refractivity contribution in [2.75, 3.05) is 10.6 Å². The zero-order valence-electron chi connectivity index (χ0n) is 13.7. The minimum atomic E-state index is 0.550. The highest BCUT2D eigenvalue weighted by Gasteiger charge is 2.05. The van der Waals surface area contributed by atoms with E-state index in [0.717, 1.165) is 23.5 Å². The second-order valence-corrected chi connectivity index (χ2v) is 5.91. The van der Waals surface area contributed by atoms with Crippen LogP contribution in [0.3, 0.4) is 0 Å². The number of anilines is 4. The molecule has 0 amide bonds. The standard InChI is InChI=1S/C19H19ClN4/c1-3-14-8-10-15(11-9-14)22-19-21-13(2)12-18(24-19)23-17-7-5-4-6-16(17)20/h4-12H,3H2,1-2H3,(H2,21,22,23,24). The minimum absolute atomic E-state index is 0.550. The van der Waals surface area contributed by atoms with Gasteiger partial charge in [0.1, 0.15) is 5.82 Å². The molecular weight excluding hydrogens is 320 g/mol. The average Bonchev–Trinajstić information content (AvgIpc) is 2.57. The number of para-hydroxylation sites is 1. The second-order valence-electron chi connectivity index (χ2n) is 5.50. The average molecular weight is 339 g/mol. The first kappa shape index (κ1) is 16.3. The maximum Gasteiger partial charge on any atom is 0.229 e. The Morgan fingerprint density at radius 1 is 0.958 bits per heavy atom. The summed E-state index contributed by atoms with van der Waals surface area (Å²) in [4.78, 5) is 8.96. The number of hydrogen-bond acceptors (Lipinski definition) is 4. The molecule has 0 atom stereocenters. The summed E-state index contributed by atoms with van der Waals surface area (Å²) < 4.78 is 0. The summed E-state index contributed by atoms with van der Waals surface area (Å²) in [6, 6.07) is 17.7. The van der Waals surface area contributed by atoms with E-state index in [1.165, 1.54) is 5.56 Å².